The van der Waals surface area contributed by atoms with Crippen molar-refractivity contribution in [3.8, 4) is 5.75 Å². The first-order chi connectivity index (χ1) is 14.0. The third-order valence-electron chi connectivity index (χ3n) is 3.90. The Hall–Kier alpha value is -2.90. The minimum absolute atomic E-state index is 0.0138. The van der Waals surface area contributed by atoms with Crippen LogP contribution < -0.4 is 4.74 Å². The number of nitro groups is 1. The number of benzene rings is 3. The number of hydrogen-bond donors (Lipinski definition) is 0. The maximum absolute atomic E-state index is 10.8. The maximum Gasteiger partial charge on any atom is 0.269 e. The number of ether oxygens (including phenoxy) is 1. The monoisotopic (exact) mass is 474 g/mol. The van der Waals surface area contributed by atoms with Crippen molar-refractivity contribution in [2.45, 2.75) is 13.2 Å². The summed E-state index contributed by atoms with van der Waals surface area (Å²) in [6, 6.07) is 19.2. The predicted octanol–water partition coefficient (Wildman–Crippen LogP) is 6.14. The van der Waals surface area contributed by atoms with Crippen LogP contribution >= 0.6 is 27.5 Å². The first-order valence-electron chi connectivity index (χ1n) is 8.57. The average Bonchev–Trinajstić information content (AvgIpc) is 2.72. The molecule has 0 saturated carbocycles. The van der Waals surface area contributed by atoms with Gasteiger partial charge in [-0.2, -0.15) is 0 Å². The second-order valence-electron chi connectivity index (χ2n) is 6.03. The van der Waals surface area contributed by atoms with Gasteiger partial charge in [0.05, 0.1) is 11.1 Å². The highest BCUT2D eigenvalue weighted by molar-refractivity contribution is 9.10. The summed E-state index contributed by atoms with van der Waals surface area (Å²) >= 11 is 9.33. The van der Waals surface area contributed by atoms with Crippen LogP contribution in [0, 0.1) is 10.1 Å². The molecule has 0 saturated heterocycles. The lowest BCUT2D eigenvalue weighted by molar-refractivity contribution is -0.384. The minimum Gasteiger partial charge on any atom is -0.488 e. The van der Waals surface area contributed by atoms with E-state index in [1.165, 1.54) is 12.1 Å². The van der Waals surface area contributed by atoms with E-state index < -0.39 is 4.92 Å². The summed E-state index contributed by atoms with van der Waals surface area (Å²) in [4.78, 5) is 15.7. The summed E-state index contributed by atoms with van der Waals surface area (Å²) in [5.41, 5.74) is 2.39. The Bertz CT molecular complexity index is 1030. The van der Waals surface area contributed by atoms with Crippen molar-refractivity contribution < 1.29 is 14.5 Å². The molecule has 29 heavy (non-hydrogen) atoms. The van der Waals surface area contributed by atoms with Crippen LogP contribution in [0.1, 0.15) is 16.7 Å². The lowest BCUT2D eigenvalue weighted by Gasteiger charge is -2.10. The van der Waals surface area contributed by atoms with Crippen LogP contribution in [0.25, 0.3) is 0 Å². The molecule has 0 aliphatic rings. The summed E-state index contributed by atoms with van der Waals surface area (Å²) in [7, 11) is 0. The van der Waals surface area contributed by atoms with Gasteiger partial charge in [0.2, 0.25) is 0 Å². The number of non-ortho nitro benzene ring substituents is 1. The molecule has 0 unspecified atom stereocenters. The van der Waals surface area contributed by atoms with Crippen molar-refractivity contribution in [1.82, 2.24) is 0 Å². The largest absolute Gasteiger partial charge is 0.488 e. The third-order valence-corrected chi connectivity index (χ3v) is 4.64. The lowest BCUT2D eigenvalue weighted by atomic mass is 10.2. The molecule has 0 aliphatic carbocycles. The summed E-state index contributed by atoms with van der Waals surface area (Å²) in [6.07, 6.45) is 1.54. The molecule has 3 rings (SSSR count). The number of nitrogens with zero attached hydrogens (tertiary/aromatic N) is 2. The summed E-state index contributed by atoms with van der Waals surface area (Å²) in [5, 5.41) is 15.5. The SMILES string of the molecule is O=[N+]([O-])c1cccc(CO/N=C\c2cc(Br)ccc2OCc2ccc(Cl)cc2)c1. The van der Waals surface area contributed by atoms with E-state index in [0.29, 0.717) is 22.9 Å². The molecular weight excluding hydrogens is 460 g/mol. The molecule has 0 N–H and O–H groups in total. The summed E-state index contributed by atoms with van der Waals surface area (Å²) in [6.45, 7) is 0.501. The molecule has 0 spiro atoms. The van der Waals surface area contributed by atoms with E-state index in [9.17, 15) is 10.1 Å². The number of oxime groups is 1. The molecule has 0 atom stereocenters. The highest BCUT2D eigenvalue weighted by Gasteiger charge is 2.06. The Kier molecular flexibility index (Phi) is 7.21. The van der Waals surface area contributed by atoms with E-state index in [0.717, 1.165) is 15.6 Å². The Morgan fingerprint density at radius 2 is 1.83 bits per heavy atom. The van der Waals surface area contributed by atoms with Gasteiger partial charge in [-0.15, -0.1) is 0 Å². The first-order valence-corrected chi connectivity index (χ1v) is 9.74. The molecule has 3 aromatic carbocycles. The van der Waals surface area contributed by atoms with Gasteiger partial charge in [0.1, 0.15) is 19.0 Å². The quantitative estimate of drug-likeness (QED) is 0.223. The molecule has 6 nitrogen and oxygen atoms in total. The fourth-order valence-corrected chi connectivity index (χ4v) is 2.96. The minimum atomic E-state index is -0.446. The molecule has 0 fully saturated rings. The van der Waals surface area contributed by atoms with Crippen molar-refractivity contribution in [3.63, 3.8) is 0 Å². The van der Waals surface area contributed by atoms with Gasteiger partial charge in [-0.25, -0.2) is 0 Å². The van der Waals surface area contributed by atoms with Crippen LogP contribution in [0.15, 0.2) is 76.4 Å². The van der Waals surface area contributed by atoms with E-state index in [1.807, 2.05) is 42.5 Å². The molecule has 8 heteroatoms. The first kappa shape index (κ1) is 20.8. The molecule has 0 heterocycles. The van der Waals surface area contributed by atoms with Gasteiger partial charge in [0.25, 0.3) is 5.69 Å². The van der Waals surface area contributed by atoms with Gasteiger partial charge >= 0.3 is 0 Å². The zero-order valence-corrected chi connectivity index (χ0v) is 17.5. The van der Waals surface area contributed by atoms with Crippen molar-refractivity contribution in [3.05, 3.63) is 103 Å². The lowest BCUT2D eigenvalue weighted by Crippen LogP contribution is -1.99. The smallest absolute Gasteiger partial charge is 0.269 e. The predicted molar refractivity (Wildman–Crippen MR) is 115 cm³/mol. The van der Waals surface area contributed by atoms with E-state index in [-0.39, 0.29) is 12.3 Å². The Balaban J connectivity index is 1.63. The summed E-state index contributed by atoms with van der Waals surface area (Å²) < 4.78 is 6.76. The molecular formula is C21H16BrClN2O4. The van der Waals surface area contributed by atoms with Gasteiger partial charge in [-0.05, 0) is 41.5 Å². The van der Waals surface area contributed by atoms with Crippen LogP contribution in [-0.2, 0) is 18.1 Å². The van der Waals surface area contributed by atoms with Crippen LogP contribution in [0.3, 0.4) is 0 Å². The van der Waals surface area contributed by atoms with E-state index in [4.69, 9.17) is 21.2 Å². The second-order valence-corrected chi connectivity index (χ2v) is 7.38. The number of hydrogen-bond acceptors (Lipinski definition) is 5. The highest BCUT2D eigenvalue weighted by Crippen LogP contribution is 2.23. The molecule has 0 aromatic heterocycles. The Morgan fingerprint density at radius 3 is 2.59 bits per heavy atom. The molecule has 0 bridgehead atoms. The molecule has 0 aliphatic heterocycles. The normalized spacial score (nSPS) is 10.8. The summed E-state index contributed by atoms with van der Waals surface area (Å²) in [5.74, 6) is 0.644. The van der Waals surface area contributed by atoms with Crippen LogP contribution in [0.5, 0.6) is 5.75 Å². The van der Waals surface area contributed by atoms with E-state index >= 15 is 0 Å². The van der Waals surface area contributed by atoms with Crippen LogP contribution in [0.2, 0.25) is 5.02 Å². The highest BCUT2D eigenvalue weighted by atomic mass is 79.9. The fourth-order valence-electron chi connectivity index (χ4n) is 2.46. The second kappa shape index (κ2) is 10.0. The number of rotatable bonds is 8. The number of nitro benzene ring substituents is 1. The topological polar surface area (TPSA) is 74.0 Å². The number of halogens is 2. The van der Waals surface area contributed by atoms with E-state index in [2.05, 4.69) is 21.1 Å². The molecule has 0 amide bonds. The fraction of sp³-hybridized carbons (Fsp3) is 0.0952. The zero-order valence-electron chi connectivity index (χ0n) is 15.1. The average molecular weight is 476 g/mol. The van der Waals surface area contributed by atoms with Gasteiger partial charge in [0.15, 0.2) is 0 Å². The van der Waals surface area contributed by atoms with E-state index in [1.54, 1.807) is 18.3 Å². The van der Waals surface area contributed by atoms with Gasteiger partial charge in [0, 0.05) is 27.2 Å². The zero-order chi connectivity index (χ0) is 20.6. The van der Waals surface area contributed by atoms with Gasteiger partial charge in [-0.3, -0.25) is 10.1 Å². The third kappa shape index (κ3) is 6.30. The standard InChI is InChI=1S/C21H16BrClN2O4/c22-18-6-9-21(28-13-15-4-7-19(23)8-5-15)17(11-18)12-24-29-14-16-2-1-3-20(10-16)25(26)27/h1-12H,13-14H2/b24-12-. The molecule has 3 aromatic rings. The van der Waals surface area contributed by atoms with Crippen molar-refractivity contribution in [1.29, 1.82) is 0 Å². The molecule has 0 radical (unpaired) electrons. The van der Waals surface area contributed by atoms with Crippen molar-refractivity contribution in [2.75, 3.05) is 0 Å². The van der Waals surface area contributed by atoms with Gasteiger partial charge in [-0.1, -0.05) is 57.0 Å². The van der Waals surface area contributed by atoms with Crippen LogP contribution in [-0.4, -0.2) is 11.1 Å². The van der Waals surface area contributed by atoms with Gasteiger partial charge < -0.3 is 9.57 Å². The van der Waals surface area contributed by atoms with Crippen molar-refractivity contribution in [2.24, 2.45) is 5.16 Å². The maximum atomic E-state index is 10.8. The molecule has 148 valence electrons. The van der Waals surface area contributed by atoms with Crippen LogP contribution in [0.4, 0.5) is 5.69 Å². The Morgan fingerprint density at radius 1 is 1.03 bits per heavy atom. The van der Waals surface area contributed by atoms with Crippen molar-refractivity contribution >= 4 is 39.4 Å². The Labute approximate surface area is 181 Å².